The van der Waals surface area contributed by atoms with Crippen LogP contribution in [0.3, 0.4) is 0 Å². The van der Waals surface area contributed by atoms with E-state index < -0.39 is 0 Å². The van der Waals surface area contributed by atoms with Gasteiger partial charge in [0.15, 0.2) is 0 Å². The Balaban J connectivity index is 2.16. The van der Waals surface area contributed by atoms with Gasteiger partial charge in [-0.25, -0.2) is 9.37 Å². The van der Waals surface area contributed by atoms with Crippen molar-refractivity contribution in [2.45, 2.75) is 38.6 Å². The minimum Gasteiger partial charge on any atom is -0.325 e. The van der Waals surface area contributed by atoms with Gasteiger partial charge in [-0.3, -0.25) is 0 Å². The van der Waals surface area contributed by atoms with E-state index in [4.69, 9.17) is 11.6 Å². The van der Waals surface area contributed by atoms with Crippen molar-refractivity contribution in [3.63, 3.8) is 0 Å². The largest absolute Gasteiger partial charge is 0.325 e. The predicted molar refractivity (Wildman–Crippen MR) is 76.2 cm³/mol. The molecule has 2 atom stereocenters. The van der Waals surface area contributed by atoms with Crippen LogP contribution in [0.25, 0.3) is 11.0 Å². The first-order valence-electron chi connectivity index (χ1n) is 6.93. The van der Waals surface area contributed by atoms with Crippen molar-refractivity contribution in [3.05, 3.63) is 29.8 Å². The van der Waals surface area contributed by atoms with Crippen molar-refractivity contribution in [2.24, 2.45) is 5.92 Å². The second kappa shape index (κ2) is 5.12. The molecule has 0 bridgehead atoms. The van der Waals surface area contributed by atoms with Gasteiger partial charge in [-0.2, -0.15) is 0 Å². The van der Waals surface area contributed by atoms with Gasteiger partial charge in [-0.15, -0.1) is 11.6 Å². The summed E-state index contributed by atoms with van der Waals surface area (Å²) in [7, 11) is 0. The van der Waals surface area contributed by atoms with Crippen molar-refractivity contribution in [1.82, 2.24) is 9.55 Å². The average Bonchev–Trinajstić information content (AvgIpc) is 2.92. The Kier molecular flexibility index (Phi) is 3.48. The highest BCUT2D eigenvalue weighted by Gasteiger charge is 2.28. The third-order valence-corrected chi connectivity index (χ3v) is 4.38. The van der Waals surface area contributed by atoms with Crippen LogP contribution in [0.4, 0.5) is 4.39 Å². The Hall–Kier alpha value is -1.09. The van der Waals surface area contributed by atoms with Crippen LogP contribution in [0.15, 0.2) is 18.2 Å². The normalized spacial score (nSPS) is 23.3. The molecule has 3 rings (SSSR count). The van der Waals surface area contributed by atoms with E-state index >= 15 is 0 Å². The predicted octanol–water partition coefficient (Wildman–Crippen LogP) is 4.32. The summed E-state index contributed by atoms with van der Waals surface area (Å²) in [5.41, 5.74) is 1.79. The molecule has 0 N–H and O–H groups in total. The van der Waals surface area contributed by atoms with Gasteiger partial charge >= 0.3 is 0 Å². The van der Waals surface area contributed by atoms with Crippen LogP contribution >= 0.6 is 11.6 Å². The summed E-state index contributed by atoms with van der Waals surface area (Å²) in [6, 6.07) is 5.36. The summed E-state index contributed by atoms with van der Waals surface area (Å²) in [6.45, 7) is 2.29. The molecule has 2 aromatic rings. The van der Waals surface area contributed by atoms with Gasteiger partial charge < -0.3 is 4.57 Å². The number of imidazole rings is 1. The molecule has 1 aliphatic rings. The minimum absolute atomic E-state index is 0.228. The highest BCUT2D eigenvalue weighted by atomic mass is 35.5. The number of aryl methyl sites for hydroxylation is 1. The summed E-state index contributed by atoms with van der Waals surface area (Å²) < 4.78 is 15.6. The molecule has 1 saturated carbocycles. The van der Waals surface area contributed by atoms with Crippen LogP contribution in [0, 0.1) is 11.7 Å². The molecule has 1 fully saturated rings. The first-order chi connectivity index (χ1) is 9.20. The summed E-state index contributed by atoms with van der Waals surface area (Å²) in [5, 5.41) is 0. The molecule has 1 aliphatic carbocycles. The molecule has 2 nitrogen and oxygen atoms in total. The second-order valence-corrected chi connectivity index (χ2v) is 5.82. The molecule has 1 aromatic carbocycles. The molecule has 0 amide bonds. The van der Waals surface area contributed by atoms with E-state index in [1.165, 1.54) is 31.4 Å². The zero-order chi connectivity index (χ0) is 13.4. The number of aromatic nitrogens is 2. The molecule has 19 heavy (non-hydrogen) atoms. The number of halogens is 2. The fourth-order valence-corrected chi connectivity index (χ4v) is 3.43. The van der Waals surface area contributed by atoms with Crippen molar-refractivity contribution in [2.75, 3.05) is 5.88 Å². The van der Waals surface area contributed by atoms with Gasteiger partial charge in [0.1, 0.15) is 11.6 Å². The highest BCUT2D eigenvalue weighted by molar-refractivity contribution is 6.17. The van der Waals surface area contributed by atoms with Crippen molar-refractivity contribution < 1.29 is 4.39 Å². The number of benzene rings is 1. The maximum atomic E-state index is 13.3. The monoisotopic (exact) mass is 280 g/mol. The highest BCUT2D eigenvalue weighted by Crippen LogP contribution is 2.38. The van der Waals surface area contributed by atoms with Crippen LogP contribution < -0.4 is 0 Å². The number of hydrogen-bond donors (Lipinski definition) is 0. The van der Waals surface area contributed by atoms with Gasteiger partial charge in [0, 0.05) is 24.4 Å². The Morgan fingerprint density at radius 2 is 2.26 bits per heavy atom. The molecule has 0 spiro atoms. The Morgan fingerprint density at radius 1 is 1.42 bits per heavy atom. The van der Waals surface area contributed by atoms with E-state index in [1.54, 1.807) is 0 Å². The van der Waals surface area contributed by atoms with Crippen molar-refractivity contribution in [1.29, 1.82) is 0 Å². The fraction of sp³-hybridized carbons (Fsp3) is 0.533. The molecule has 1 aromatic heterocycles. The second-order valence-electron chi connectivity index (χ2n) is 5.45. The number of nitrogens with zero attached hydrogens (tertiary/aromatic N) is 2. The molecule has 0 aliphatic heterocycles. The molecule has 102 valence electrons. The van der Waals surface area contributed by atoms with E-state index in [0.717, 1.165) is 23.3 Å². The van der Waals surface area contributed by atoms with E-state index in [-0.39, 0.29) is 5.82 Å². The van der Waals surface area contributed by atoms with Crippen molar-refractivity contribution in [3.8, 4) is 0 Å². The SMILES string of the molecule is CC1CCCC1n1c(CCCl)nc2cc(F)ccc21. The molecular formula is C15H18ClFN2. The number of hydrogen-bond acceptors (Lipinski definition) is 1. The van der Waals surface area contributed by atoms with Crippen LogP contribution in [-0.4, -0.2) is 15.4 Å². The summed E-state index contributed by atoms with van der Waals surface area (Å²) in [5.74, 6) is 1.97. The van der Waals surface area contributed by atoms with E-state index in [2.05, 4.69) is 16.5 Å². The number of alkyl halides is 1. The van der Waals surface area contributed by atoms with Gasteiger partial charge in [-0.1, -0.05) is 13.3 Å². The van der Waals surface area contributed by atoms with E-state index in [9.17, 15) is 4.39 Å². The zero-order valence-electron chi connectivity index (χ0n) is 11.1. The third-order valence-electron chi connectivity index (χ3n) is 4.19. The lowest BCUT2D eigenvalue weighted by molar-refractivity contribution is 0.406. The fourth-order valence-electron chi connectivity index (χ4n) is 3.26. The van der Waals surface area contributed by atoms with Gasteiger partial charge in [0.05, 0.1) is 11.0 Å². The number of rotatable bonds is 3. The standard InChI is InChI=1S/C15H18ClFN2/c1-10-3-2-4-13(10)19-14-6-5-11(17)9-12(14)18-15(19)7-8-16/h5-6,9-10,13H,2-4,7-8H2,1H3. The summed E-state index contributed by atoms with van der Waals surface area (Å²) >= 11 is 5.88. The van der Waals surface area contributed by atoms with Crippen LogP contribution in [0.2, 0.25) is 0 Å². The molecule has 4 heteroatoms. The lowest BCUT2D eigenvalue weighted by Gasteiger charge is -2.20. The summed E-state index contributed by atoms with van der Waals surface area (Å²) in [6.07, 6.45) is 4.43. The maximum Gasteiger partial charge on any atom is 0.125 e. The number of fused-ring (bicyclic) bond motifs is 1. The molecule has 0 saturated heterocycles. The Morgan fingerprint density at radius 3 is 2.95 bits per heavy atom. The quantitative estimate of drug-likeness (QED) is 0.766. The zero-order valence-corrected chi connectivity index (χ0v) is 11.8. The lowest BCUT2D eigenvalue weighted by atomic mass is 10.1. The first kappa shape index (κ1) is 12.9. The van der Waals surface area contributed by atoms with E-state index in [0.29, 0.717) is 17.8 Å². The van der Waals surface area contributed by atoms with Gasteiger partial charge in [0.2, 0.25) is 0 Å². The first-order valence-corrected chi connectivity index (χ1v) is 7.46. The molecular weight excluding hydrogens is 263 g/mol. The Labute approximate surface area is 117 Å². The molecule has 2 unspecified atom stereocenters. The minimum atomic E-state index is -0.228. The van der Waals surface area contributed by atoms with Crippen molar-refractivity contribution >= 4 is 22.6 Å². The van der Waals surface area contributed by atoms with Crippen LogP contribution in [0.1, 0.15) is 38.1 Å². The van der Waals surface area contributed by atoms with Crippen LogP contribution in [0.5, 0.6) is 0 Å². The lowest BCUT2D eigenvalue weighted by Crippen LogP contribution is -2.15. The van der Waals surface area contributed by atoms with Gasteiger partial charge in [-0.05, 0) is 30.9 Å². The average molecular weight is 281 g/mol. The summed E-state index contributed by atoms with van der Waals surface area (Å²) in [4.78, 5) is 4.58. The smallest absolute Gasteiger partial charge is 0.125 e. The third kappa shape index (κ3) is 2.25. The molecule has 1 heterocycles. The van der Waals surface area contributed by atoms with Crippen LogP contribution in [-0.2, 0) is 6.42 Å². The Bertz CT molecular complexity index is 593. The topological polar surface area (TPSA) is 17.8 Å². The van der Waals surface area contributed by atoms with Gasteiger partial charge in [0.25, 0.3) is 0 Å². The maximum absolute atomic E-state index is 13.3. The van der Waals surface area contributed by atoms with E-state index in [1.807, 2.05) is 6.07 Å². The molecule has 0 radical (unpaired) electrons.